The molecule has 0 aliphatic heterocycles. The van der Waals surface area contributed by atoms with Crippen molar-refractivity contribution in [2.45, 2.75) is 19.1 Å². The maximum atomic E-state index is 12.6. The van der Waals surface area contributed by atoms with Gasteiger partial charge in [-0.2, -0.15) is 13.2 Å². The normalized spacial score (nSPS) is 12.2. The van der Waals surface area contributed by atoms with E-state index in [9.17, 15) is 22.0 Å². The minimum absolute atomic E-state index is 0.0314. The van der Waals surface area contributed by atoms with E-state index >= 15 is 0 Å². The number of hydrogen-bond donors (Lipinski definition) is 1. The Morgan fingerprint density at radius 3 is 2.31 bits per heavy atom. The Morgan fingerprint density at radius 2 is 1.94 bits per heavy atom. The van der Waals surface area contributed by atoms with E-state index in [0.29, 0.717) is 6.20 Å². The minimum atomic E-state index is -4.84. The Kier molecular flexibility index (Phi) is 4.05. The van der Waals surface area contributed by atoms with Crippen molar-refractivity contribution in [1.82, 2.24) is 4.98 Å². The first-order chi connectivity index (χ1) is 7.29. The van der Waals surface area contributed by atoms with E-state index in [-0.39, 0.29) is 15.8 Å². The van der Waals surface area contributed by atoms with Crippen LogP contribution in [0.1, 0.15) is 23.2 Å². The highest BCUT2D eigenvalue weighted by Gasteiger charge is 2.37. The van der Waals surface area contributed by atoms with Crippen LogP contribution in [0.5, 0.6) is 0 Å². The summed E-state index contributed by atoms with van der Waals surface area (Å²) in [5, 5.41) is 0. The van der Waals surface area contributed by atoms with Crippen LogP contribution in [0.25, 0.3) is 0 Å². The second-order valence-corrected chi connectivity index (χ2v) is 3.93. The Balaban J connectivity index is 3.47. The predicted molar refractivity (Wildman–Crippen MR) is 54.8 cm³/mol. The molecule has 0 radical (unpaired) electrons. The number of aromatic nitrogens is 1. The molecule has 16 heavy (non-hydrogen) atoms. The van der Waals surface area contributed by atoms with E-state index in [1.165, 1.54) is 22.6 Å². The summed E-state index contributed by atoms with van der Waals surface area (Å²) in [6.07, 6.45) is -7.66. The van der Waals surface area contributed by atoms with E-state index in [1.54, 1.807) is 0 Å². The zero-order valence-corrected chi connectivity index (χ0v) is 9.81. The maximum Gasteiger partial charge on any atom is 0.418 e. The molecule has 0 aromatic carbocycles. The van der Waals surface area contributed by atoms with Gasteiger partial charge in [0.2, 0.25) is 0 Å². The smallest absolute Gasteiger partial charge is 0.325 e. The fourth-order valence-electron chi connectivity index (χ4n) is 1.12. The van der Waals surface area contributed by atoms with Gasteiger partial charge in [-0.25, -0.2) is 8.78 Å². The average molecular weight is 352 g/mol. The summed E-state index contributed by atoms with van der Waals surface area (Å²) >= 11 is 1.40. The van der Waals surface area contributed by atoms with Crippen molar-refractivity contribution in [2.24, 2.45) is 5.73 Å². The van der Waals surface area contributed by atoms with Gasteiger partial charge in [0.1, 0.15) is 0 Å². The molecule has 0 aliphatic carbocycles. The van der Waals surface area contributed by atoms with Crippen LogP contribution in [0.4, 0.5) is 22.0 Å². The van der Waals surface area contributed by atoms with Crippen molar-refractivity contribution in [1.29, 1.82) is 0 Å². The summed E-state index contributed by atoms with van der Waals surface area (Å²) in [6, 6.07) is 0. The van der Waals surface area contributed by atoms with Gasteiger partial charge in [-0.3, -0.25) is 4.98 Å². The van der Waals surface area contributed by atoms with E-state index in [1.807, 2.05) is 0 Å². The highest BCUT2D eigenvalue weighted by Crippen LogP contribution is 2.38. The van der Waals surface area contributed by atoms with Crippen LogP contribution in [-0.2, 0) is 12.7 Å². The second-order valence-electron chi connectivity index (χ2n) is 2.85. The molecule has 0 saturated carbocycles. The monoisotopic (exact) mass is 352 g/mol. The molecule has 0 bridgehead atoms. The topological polar surface area (TPSA) is 38.9 Å². The predicted octanol–water partition coefficient (Wildman–Crippen LogP) is 3.10. The molecular formula is C8H6F5IN2. The van der Waals surface area contributed by atoms with Crippen molar-refractivity contribution in [3.63, 3.8) is 0 Å². The van der Waals surface area contributed by atoms with Crippen molar-refractivity contribution in [2.75, 3.05) is 0 Å². The molecule has 1 aromatic rings. The van der Waals surface area contributed by atoms with Crippen molar-refractivity contribution < 1.29 is 22.0 Å². The van der Waals surface area contributed by atoms with Gasteiger partial charge in [-0.05, 0) is 22.6 Å². The number of alkyl halides is 5. The number of halogens is 6. The fourth-order valence-corrected chi connectivity index (χ4v) is 2.01. The zero-order valence-electron chi connectivity index (χ0n) is 7.65. The van der Waals surface area contributed by atoms with Gasteiger partial charge in [-0.1, -0.05) is 0 Å². The van der Waals surface area contributed by atoms with E-state index in [2.05, 4.69) is 4.98 Å². The van der Waals surface area contributed by atoms with Crippen LogP contribution in [0.15, 0.2) is 6.20 Å². The quantitative estimate of drug-likeness (QED) is 0.656. The summed E-state index contributed by atoms with van der Waals surface area (Å²) in [7, 11) is 0. The largest absolute Gasteiger partial charge is 0.418 e. The molecule has 2 N–H and O–H groups in total. The van der Waals surface area contributed by atoms with E-state index in [4.69, 9.17) is 5.73 Å². The Hall–Kier alpha value is -0.510. The molecule has 0 spiro atoms. The van der Waals surface area contributed by atoms with Gasteiger partial charge < -0.3 is 5.73 Å². The van der Waals surface area contributed by atoms with E-state index < -0.39 is 23.7 Å². The maximum absolute atomic E-state index is 12.6. The highest BCUT2D eigenvalue weighted by molar-refractivity contribution is 14.1. The molecule has 1 rings (SSSR count). The van der Waals surface area contributed by atoms with Gasteiger partial charge in [0, 0.05) is 21.9 Å². The number of hydrogen-bond acceptors (Lipinski definition) is 2. The summed E-state index contributed by atoms with van der Waals surface area (Å²) < 4.78 is 62.1. The van der Waals surface area contributed by atoms with Gasteiger partial charge in [0.05, 0.1) is 11.3 Å². The Morgan fingerprint density at radius 1 is 1.38 bits per heavy atom. The van der Waals surface area contributed by atoms with E-state index in [0.717, 1.165) is 0 Å². The molecule has 0 fully saturated rings. The molecule has 0 unspecified atom stereocenters. The molecule has 2 nitrogen and oxygen atoms in total. The molecule has 1 aromatic heterocycles. The van der Waals surface area contributed by atoms with Crippen LogP contribution in [0.3, 0.4) is 0 Å². The summed E-state index contributed by atoms with van der Waals surface area (Å²) in [6.45, 7) is -0.184. The third-order valence-electron chi connectivity index (χ3n) is 1.85. The minimum Gasteiger partial charge on any atom is -0.325 e. The van der Waals surface area contributed by atoms with Crippen LogP contribution in [-0.4, -0.2) is 4.98 Å². The lowest BCUT2D eigenvalue weighted by Crippen LogP contribution is -2.15. The summed E-state index contributed by atoms with van der Waals surface area (Å²) in [5.74, 6) is 0. The SMILES string of the molecule is NCc1ncc(C(F)(F)F)c(C(F)F)c1I. The van der Waals surface area contributed by atoms with Crippen LogP contribution in [0, 0.1) is 3.57 Å². The molecule has 90 valence electrons. The molecule has 0 saturated heterocycles. The third kappa shape index (κ3) is 2.59. The molecular weight excluding hydrogens is 346 g/mol. The Bertz CT molecular complexity index is 391. The lowest BCUT2D eigenvalue weighted by Gasteiger charge is -2.15. The first-order valence-electron chi connectivity index (χ1n) is 4.01. The molecule has 0 amide bonds. The number of nitrogens with two attached hydrogens (primary N) is 1. The van der Waals surface area contributed by atoms with Gasteiger partial charge >= 0.3 is 6.18 Å². The Labute approximate surface area is 101 Å². The molecule has 0 atom stereocenters. The molecule has 1 heterocycles. The van der Waals surface area contributed by atoms with Gasteiger partial charge in [0.25, 0.3) is 6.43 Å². The fraction of sp³-hybridized carbons (Fsp3) is 0.375. The third-order valence-corrected chi connectivity index (χ3v) is 3.05. The number of rotatable bonds is 2. The average Bonchev–Trinajstić information content (AvgIpc) is 2.15. The first kappa shape index (κ1) is 13.6. The van der Waals surface area contributed by atoms with Crippen LogP contribution >= 0.6 is 22.6 Å². The van der Waals surface area contributed by atoms with Gasteiger partial charge in [-0.15, -0.1) is 0 Å². The highest BCUT2D eigenvalue weighted by atomic mass is 127. The lowest BCUT2D eigenvalue weighted by molar-refractivity contribution is -0.139. The number of nitrogens with zero attached hydrogens (tertiary/aromatic N) is 1. The van der Waals surface area contributed by atoms with Crippen molar-refractivity contribution in [3.05, 3.63) is 26.6 Å². The number of pyridine rings is 1. The molecule has 8 heteroatoms. The van der Waals surface area contributed by atoms with Crippen LogP contribution in [0.2, 0.25) is 0 Å². The summed E-state index contributed by atoms with van der Waals surface area (Å²) in [4.78, 5) is 3.42. The first-order valence-corrected chi connectivity index (χ1v) is 5.09. The second kappa shape index (κ2) is 4.78. The molecule has 0 aliphatic rings. The summed E-state index contributed by atoms with van der Waals surface area (Å²) in [5.41, 5.74) is 2.75. The van der Waals surface area contributed by atoms with Gasteiger partial charge in [0.15, 0.2) is 0 Å². The van der Waals surface area contributed by atoms with Crippen LogP contribution < -0.4 is 5.73 Å². The lowest BCUT2D eigenvalue weighted by atomic mass is 10.1. The zero-order chi connectivity index (χ0) is 12.5. The van der Waals surface area contributed by atoms with Crippen molar-refractivity contribution >= 4 is 22.6 Å². The standard InChI is InChI=1S/C8H6F5IN2/c9-7(10)5-3(8(11,12)13)2-16-4(1-15)6(5)14/h2,7H,1,15H2. The van der Waals surface area contributed by atoms with Crippen molar-refractivity contribution in [3.8, 4) is 0 Å².